The number of carbonyl (C=O) groups is 2. The van der Waals surface area contributed by atoms with Crippen LogP contribution in [0.2, 0.25) is 0 Å². The molecule has 0 aliphatic carbocycles. The number of carbonyl (C=O) groups excluding carboxylic acids is 2. The minimum absolute atomic E-state index is 0.00408. The number of ether oxygens (including phenoxy) is 1. The van der Waals surface area contributed by atoms with E-state index < -0.39 is 10.2 Å². The zero-order chi connectivity index (χ0) is 21.4. The fourth-order valence-corrected chi connectivity index (χ4v) is 4.96. The number of hydrogen-bond donors (Lipinski definition) is 0. The molecular formula is C20H31N3O5S. The van der Waals surface area contributed by atoms with E-state index >= 15 is 0 Å². The Morgan fingerprint density at radius 3 is 2.10 bits per heavy atom. The van der Waals surface area contributed by atoms with Crippen LogP contribution in [-0.2, 0) is 15.0 Å². The van der Waals surface area contributed by atoms with Crippen molar-refractivity contribution in [2.24, 2.45) is 0 Å². The van der Waals surface area contributed by atoms with Gasteiger partial charge in [-0.2, -0.15) is 17.0 Å². The first-order chi connectivity index (χ1) is 13.8. The molecule has 0 unspecified atom stereocenters. The first-order valence-corrected chi connectivity index (χ1v) is 11.4. The number of rotatable bonds is 10. The monoisotopic (exact) mass is 425 g/mol. The number of hydrogen-bond acceptors (Lipinski definition) is 5. The van der Waals surface area contributed by atoms with Crippen molar-refractivity contribution in [1.29, 1.82) is 0 Å². The predicted molar refractivity (Wildman–Crippen MR) is 111 cm³/mol. The van der Waals surface area contributed by atoms with Crippen LogP contribution in [0.3, 0.4) is 0 Å². The molecule has 1 aliphatic rings. The quantitative estimate of drug-likeness (QED) is 0.533. The molecule has 29 heavy (non-hydrogen) atoms. The van der Waals surface area contributed by atoms with Crippen LogP contribution in [0, 0.1) is 0 Å². The fourth-order valence-electron chi connectivity index (χ4n) is 3.36. The van der Waals surface area contributed by atoms with Crippen LogP contribution in [-0.4, -0.2) is 80.0 Å². The lowest BCUT2D eigenvalue weighted by molar-refractivity contribution is -0.132. The molecule has 0 atom stereocenters. The number of benzene rings is 1. The summed E-state index contributed by atoms with van der Waals surface area (Å²) in [6.45, 7) is 5.85. The van der Waals surface area contributed by atoms with Crippen molar-refractivity contribution in [3.63, 3.8) is 0 Å². The highest BCUT2D eigenvalue weighted by Crippen LogP contribution is 2.16. The summed E-state index contributed by atoms with van der Waals surface area (Å²) >= 11 is 0. The zero-order valence-electron chi connectivity index (χ0n) is 17.5. The molecule has 0 aromatic heterocycles. The predicted octanol–water partition coefficient (Wildman–Crippen LogP) is 1.78. The normalized spacial score (nSPS) is 15.5. The van der Waals surface area contributed by atoms with Crippen molar-refractivity contribution in [3.05, 3.63) is 29.8 Å². The fraction of sp³-hybridized carbons (Fsp3) is 0.600. The van der Waals surface area contributed by atoms with Crippen LogP contribution >= 0.6 is 0 Å². The van der Waals surface area contributed by atoms with Crippen LogP contribution in [0.5, 0.6) is 5.75 Å². The summed E-state index contributed by atoms with van der Waals surface area (Å²) in [7, 11) is -1.89. The molecule has 0 saturated carbocycles. The van der Waals surface area contributed by atoms with Crippen molar-refractivity contribution in [3.8, 4) is 5.75 Å². The van der Waals surface area contributed by atoms with Gasteiger partial charge in [0, 0.05) is 57.7 Å². The van der Waals surface area contributed by atoms with Gasteiger partial charge in [0.1, 0.15) is 5.75 Å². The highest BCUT2D eigenvalue weighted by atomic mass is 32.2. The summed E-state index contributed by atoms with van der Waals surface area (Å²) in [6.07, 6.45) is 1.06. The van der Waals surface area contributed by atoms with Crippen molar-refractivity contribution < 1.29 is 22.7 Å². The Kier molecular flexibility index (Phi) is 8.60. The second kappa shape index (κ2) is 10.7. The Hall–Kier alpha value is -1.97. The Bertz CT molecular complexity index is 783. The molecule has 1 heterocycles. The second-order valence-electron chi connectivity index (χ2n) is 6.88. The second-order valence-corrected chi connectivity index (χ2v) is 8.81. The third-order valence-electron chi connectivity index (χ3n) is 5.16. The van der Waals surface area contributed by atoms with Crippen LogP contribution in [0.15, 0.2) is 24.3 Å². The number of methoxy groups -OCH3 is 1. The van der Waals surface area contributed by atoms with Crippen LogP contribution in [0.25, 0.3) is 0 Å². The summed E-state index contributed by atoms with van der Waals surface area (Å²) in [4.78, 5) is 26.3. The standard InChI is InChI=1S/C20H31N3O5S/c1-4-22(5-2)29(26,27)23-15-13-21(14-16-23)20(25)8-6-7-19(24)17-9-11-18(28-3)12-10-17/h9-12H,4-8,13-16H2,1-3H3. The van der Waals surface area contributed by atoms with Gasteiger partial charge in [-0.15, -0.1) is 0 Å². The average Bonchev–Trinajstić information content (AvgIpc) is 2.74. The van der Waals surface area contributed by atoms with Gasteiger partial charge < -0.3 is 9.64 Å². The van der Waals surface area contributed by atoms with Gasteiger partial charge in [0.2, 0.25) is 5.91 Å². The minimum atomic E-state index is -3.46. The van der Waals surface area contributed by atoms with E-state index in [2.05, 4.69) is 0 Å². The SMILES string of the molecule is CCN(CC)S(=O)(=O)N1CCN(C(=O)CCCC(=O)c2ccc(OC)cc2)CC1. The third kappa shape index (κ3) is 6.01. The number of amides is 1. The van der Waals surface area contributed by atoms with E-state index in [0.29, 0.717) is 63.4 Å². The molecule has 1 amide bonds. The van der Waals surface area contributed by atoms with Gasteiger partial charge in [-0.25, -0.2) is 0 Å². The molecule has 1 aromatic carbocycles. The molecule has 0 N–H and O–H groups in total. The molecule has 0 bridgehead atoms. The van der Waals surface area contributed by atoms with Gasteiger partial charge in [0.05, 0.1) is 7.11 Å². The van der Waals surface area contributed by atoms with Gasteiger partial charge in [0.25, 0.3) is 10.2 Å². The Morgan fingerprint density at radius 2 is 1.59 bits per heavy atom. The number of ketones is 1. The maximum Gasteiger partial charge on any atom is 0.282 e. The van der Waals surface area contributed by atoms with Gasteiger partial charge in [-0.1, -0.05) is 13.8 Å². The van der Waals surface area contributed by atoms with E-state index in [9.17, 15) is 18.0 Å². The van der Waals surface area contributed by atoms with E-state index in [1.165, 1.54) is 8.61 Å². The number of piperazine rings is 1. The molecule has 162 valence electrons. The molecule has 1 aliphatic heterocycles. The molecule has 9 heteroatoms. The van der Waals surface area contributed by atoms with E-state index in [0.717, 1.165) is 0 Å². The molecule has 1 saturated heterocycles. The van der Waals surface area contributed by atoms with Crippen LogP contribution in [0.1, 0.15) is 43.5 Å². The lowest BCUT2D eigenvalue weighted by Gasteiger charge is -2.36. The lowest BCUT2D eigenvalue weighted by atomic mass is 10.0. The number of Topliss-reactive ketones (excluding diaryl/α,β-unsaturated/α-hetero) is 1. The first kappa shape index (κ1) is 23.3. The van der Waals surface area contributed by atoms with Crippen molar-refractivity contribution in [1.82, 2.24) is 13.5 Å². The van der Waals surface area contributed by atoms with Gasteiger partial charge in [0.15, 0.2) is 5.78 Å². The largest absolute Gasteiger partial charge is 0.497 e. The Balaban J connectivity index is 1.77. The smallest absolute Gasteiger partial charge is 0.282 e. The maximum absolute atomic E-state index is 12.5. The molecular weight excluding hydrogens is 394 g/mol. The number of nitrogens with zero attached hydrogens (tertiary/aromatic N) is 3. The summed E-state index contributed by atoms with van der Waals surface area (Å²) in [5.74, 6) is 0.655. The molecule has 2 rings (SSSR count). The topological polar surface area (TPSA) is 87.2 Å². The minimum Gasteiger partial charge on any atom is -0.497 e. The highest BCUT2D eigenvalue weighted by Gasteiger charge is 2.31. The van der Waals surface area contributed by atoms with Crippen LogP contribution < -0.4 is 4.74 Å². The summed E-state index contributed by atoms with van der Waals surface area (Å²) in [5.41, 5.74) is 0.605. The maximum atomic E-state index is 12.5. The average molecular weight is 426 g/mol. The van der Waals surface area contributed by atoms with E-state index in [-0.39, 0.29) is 18.1 Å². The van der Waals surface area contributed by atoms with Gasteiger partial charge in [-0.3, -0.25) is 9.59 Å². The summed E-state index contributed by atoms with van der Waals surface area (Å²) in [6, 6.07) is 6.92. The summed E-state index contributed by atoms with van der Waals surface area (Å²) < 4.78 is 33.0. The lowest BCUT2D eigenvalue weighted by Crippen LogP contribution is -2.54. The van der Waals surface area contributed by atoms with Gasteiger partial charge >= 0.3 is 0 Å². The Morgan fingerprint density at radius 1 is 1.00 bits per heavy atom. The molecule has 8 nitrogen and oxygen atoms in total. The zero-order valence-corrected chi connectivity index (χ0v) is 18.3. The third-order valence-corrected chi connectivity index (χ3v) is 7.34. The molecule has 0 radical (unpaired) electrons. The van der Waals surface area contributed by atoms with Crippen molar-refractivity contribution in [2.75, 3.05) is 46.4 Å². The van der Waals surface area contributed by atoms with E-state index in [1.54, 1.807) is 36.3 Å². The van der Waals surface area contributed by atoms with Crippen LogP contribution in [0.4, 0.5) is 0 Å². The van der Waals surface area contributed by atoms with E-state index in [1.807, 2.05) is 13.8 Å². The summed E-state index contributed by atoms with van der Waals surface area (Å²) in [5, 5.41) is 0. The molecule has 0 spiro atoms. The van der Waals surface area contributed by atoms with Crippen molar-refractivity contribution in [2.45, 2.75) is 33.1 Å². The molecule has 1 aromatic rings. The van der Waals surface area contributed by atoms with E-state index in [4.69, 9.17) is 4.74 Å². The first-order valence-electron chi connectivity index (χ1n) is 10.0. The molecule has 1 fully saturated rings. The van der Waals surface area contributed by atoms with Gasteiger partial charge in [-0.05, 0) is 30.7 Å². The highest BCUT2D eigenvalue weighted by molar-refractivity contribution is 7.86. The Labute approximate surface area is 173 Å². The van der Waals surface area contributed by atoms with Crippen molar-refractivity contribution >= 4 is 21.9 Å².